The molecule has 0 aromatic rings. The van der Waals surface area contributed by atoms with Crippen LogP contribution in [0.5, 0.6) is 0 Å². The van der Waals surface area contributed by atoms with Gasteiger partial charge in [-0.05, 0) is 38.1 Å². The number of hydrogen-bond acceptors (Lipinski definition) is 3. The smallest absolute Gasteiger partial charge is 0.237 e. The quantitative estimate of drug-likeness (QED) is 0.833. The highest BCUT2D eigenvalue weighted by Crippen LogP contribution is 2.28. The van der Waals surface area contributed by atoms with Gasteiger partial charge in [0.2, 0.25) is 5.91 Å². The molecule has 0 spiro atoms. The van der Waals surface area contributed by atoms with Crippen molar-refractivity contribution in [2.75, 3.05) is 13.1 Å². The highest BCUT2D eigenvalue weighted by molar-refractivity contribution is 5.85. The Labute approximate surface area is 141 Å². The van der Waals surface area contributed by atoms with Crippen molar-refractivity contribution in [2.45, 2.75) is 82.3 Å². The molecule has 3 N–H and O–H groups in total. The molecule has 5 heteroatoms. The monoisotopic (exact) mass is 329 g/mol. The number of nitrogens with two attached hydrogens (primary N) is 1. The molecular formula is C17H32ClN3O. The molecule has 3 atom stereocenters. The number of halogens is 1. The number of carbonyl (C=O) groups is 1. The highest BCUT2D eigenvalue weighted by atomic mass is 35.5. The summed E-state index contributed by atoms with van der Waals surface area (Å²) >= 11 is 0. The Morgan fingerprint density at radius 2 is 1.77 bits per heavy atom. The Hall–Kier alpha value is -0.320. The van der Waals surface area contributed by atoms with Crippen LogP contribution in [0, 0.1) is 5.92 Å². The number of hydrogen-bond donors (Lipinski definition) is 2. The zero-order valence-electron chi connectivity index (χ0n) is 13.6. The molecule has 128 valence electrons. The number of nitrogens with one attached hydrogen (secondary N) is 1. The summed E-state index contributed by atoms with van der Waals surface area (Å²) in [7, 11) is 0. The van der Waals surface area contributed by atoms with E-state index < -0.39 is 0 Å². The fraction of sp³-hybridized carbons (Fsp3) is 0.941. The molecule has 0 aromatic carbocycles. The average molecular weight is 330 g/mol. The molecule has 2 heterocycles. The van der Waals surface area contributed by atoms with Crippen molar-refractivity contribution in [3.63, 3.8) is 0 Å². The molecule has 1 saturated carbocycles. The maximum absolute atomic E-state index is 12.4. The Morgan fingerprint density at radius 1 is 1.05 bits per heavy atom. The Balaban J connectivity index is 0.00000176. The molecule has 4 nitrogen and oxygen atoms in total. The van der Waals surface area contributed by atoms with Gasteiger partial charge in [0.05, 0.1) is 6.04 Å². The second kappa shape index (κ2) is 8.51. The highest BCUT2D eigenvalue weighted by Gasteiger charge is 2.36. The van der Waals surface area contributed by atoms with E-state index in [0.29, 0.717) is 18.0 Å². The van der Waals surface area contributed by atoms with Crippen molar-refractivity contribution in [3.8, 4) is 0 Å². The van der Waals surface area contributed by atoms with Crippen molar-refractivity contribution < 1.29 is 4.79 Å². The van der Waals surface area contributed by atoms with Gasteiger partial charge in [0, 0.05) is 18.6 Å². The van der Waals surface area contributed by atoms with Crippen LogP contribution < -0.4 is 11.1 Å². The van der Waals surface area contributed by atoms with E-state index in [1.807, 2.05) is 0 Å². The lowest BCUT2D eigenvalue weighted by Crippen LogP contribution is -2.51. The Bertz CT molecular complexity index is 360. The van der Waals surface area contributed by atoms with Gasteiger partial charge in [-0.2, -0.15) is 0 Å². The van der Waals surface area contributed by atoms with Crippen LogP contribution in [-0.2, 0) is 4.79 Å². The number of carbonyl (C=O) groups excluding carboxylic acids is 1. The Kier molecular flexibility index (Phi) is 6.97. The molecule has 0 radical (unpaired) electrons. The second-order valence-electron chi connectivity index (χ2n) is 7.35. The third kappa shape index (κ3) is 4.36. The third-order valence-corrected chi connectivity index (χ3v) is 5.83. The van der Waals surface area contributed by atoms with Gasteiger partial charge in [0.15, 0.2) is 0 Å². The van der Waals surface area contributed by atoms with E-state index in [1.165, 1.54) is 57.9 Å². The van der Waals surface area contributed by atoms with Gasteiger partial charge < -0.3 is 11.1 Å². The Morgan fingerprint density at radius 3 is 2.55 bits per heavy atom. The van der Waals surface area contributed by atoms with Crippen LogP contribution in [-0.4, -0.2) is 42.0 Å². The van der Waals surface area contributed by atoms with Crippen LogP contribution in [0.15, 0.2) is 0 Å². The van der Waals surface area contributed by atoms with E-state index >= 15 is 0 Å². The molecule has 0 bridgehead atoms. The van der Waals surface area contributed by atoms with Crippen LogP contribution in [0.25, 0.3) is 0 Å². The summed E-state index contributed by atoms with van der Waals surface area (Å²) in [6.45, 7) is 2.36. The van der Waals surface area contributed by atoms with Crippen molar-refractivity contribution in [1.82, 2.24) is 10.2 Å². The first kappa shape index (κ1) is 18.0. The molecule has 3 unspecified atom stereocenters. The number of amides is 1. The zero-order chi connectivity index (χ0) is 14.7. The normalized spacial score (nSPS) is 31.1. The van der Waals surface area contributed by atoms with Gasteiger partial charge in [-0.15, -0.1) is 12.4 Å². The molecule has 3 rings (SSSR count). The summed E-state index contributed by atoms with van der Waals surface area (Å²) in [5.74, 6) is 0.771. The van der Waals surface area contributed by atoms with Crippen LogP contribution in [0.4, 0.5) is 0 Å². The van der Waals surface area contributed by atoms with E-state index in [4.69, 9.17) is 5.73 Å². The summed E-state index contributed by atoms with van der Waals surface area (Å²) in [4.78, 5) is 14.9. The van der Waals surface area contributed by atoms with Crippen LogP contribution in [0.3, 0.4) is 0 Å². The number of fused-ring (bicyclic) bond motifs is 1. The average Bonchev–Trinajstić information content (AvgIpc) is 2.91. The number of nitrogens with zero attached hydrogens (tertiary/aromatic N) is 1. The first-order valence-electron chi connectivity index (χ1n) is 9.04. The van der Waals surface area contributed by atoms with Gasteiger partial charge >= 0.3 is 0 Å². The predicted molar refractivity (Wildman–Crippen MR) is 92.2 cm³/mol. The van der Waals surface area contributed by atoms with Crippen molar-refractivity contribution in [2.24, 2.45) is 11.7 Å². The largest absolute Gasteiger partial charge is 0.350 e. The van der Waals surface area contributed by atoms with Gasteiger partial charge in [0.25, 0.3) is 0 Å². The molecule has 0 aromatic heterocycles. The molecule has 3 aliphatic rings. The SMILES string of the molecule is Cl.NC(CC1CCCCC1)C(=O)NC1CCN2CCCCC12. The molecule has 1 amide bonds. The van der Waals surface area contributed by atoms with Crippen LogP contribution >= 0.6 is 12.4 Å². The molecule has 3 fully saturated rings. The minimum atomic E-state index is -0.300. The number of piperidine rings is 1. The lowest BCUT2D eigenvalue weighted by molar-refractivity contribution is -0.123. The van der Waals surface area contributed by atoms with Gasteiger partial charge in [-0.25, -0.2) is 0 Å². The minimum Gasteiger partial charge on any atom is -0.350 e. The predicted octanol–water partition coefficient (Wildman–Crippen LogP) is 2.45. The summed E-state index contributed by atoms with van der Waals surface area (Å²) in [5.41, 5.74) is 6.17. The van der Waals surface area contributed by atoms with Crippen molar-refractivity contribution >= 4 is 18.3 Å². The van der Waals surface area contributed by atoms with E-state index in [0.717, 1.165) is 19.4 Å². The zero-order valence-corrected chi connectivity index (χ0v) is 14.5. The van der Waals surface area contributed by atoms with Crippen LogP contribution in [0.2, 0.25) is 0 Å². The van der Waals surface area contributed by atoms with Gasteiger partial charge in [0.1, 0.15) is 0 Å². The fourth-order valence-electron chi connectivity index (χ4n) is 4.59. The third-order valence-electron chi connectivity index (χ3n) is 5.83. The van der Waals surface area contributed by atoms with Gasteiger partial charge in [-0.3, -0.25) is 9.69 Å². The number of rotatable bonds is 4. The maximum Gasteiger partial charge on any atom is 0.237 e. The molecule has 22 heavy (non-hydrogen) atoms. The molecule has 1 aliphatic carbocycles. The standard InChI is InChI=1S/C17H31N3O.ClH/c18-14(12-13-6-2-1-3-7-13)17(21)19-15-9-11-20-10-5-4-8-16(15)20;/h13-16H,1-12,18H2,(H,19,21);1H. The summed E-state index contributed by atoms with van der Waals surface area (Å²) in [5, 5.41) is 3.26. The van der Waals surface area contributed by atoms with Crippen LogP contribution in [0.1, 0.15) is 64.2 Å². The summed E-state index contributed by atoms with van der Waals surface area (Å²) < 4.78 is 0. The second-order valence-corrected chi connectivity index (χ2v) is 7.35. The summed E-state index contributed by atoms with van der Waals surface area (Å²) in [6, 6.07) is 0.616. The van der Waals surface area contributed by atoms with Crippen molar-refractivity contribution in [1.29, 1.82) is 0 Å². The van der Waals surface area contributed by atoms with Gasteiger partial charge in [-0.1, -0.05) is 38.5 Å². The molecular weight excluding hydrogens is 298 g/mol. The lowest BCUT2D eigenvalue weighted by atomic mass is 9.85. The lowest BCUT2D eigenvalue weighted by Gasteiger charge is -2.33. The fourth-order valence-corrected chi connectivity index (χ4v) is 4.59. The van der Waals surface area contributed by atoms with E-state index in [9.17, 15) is 4.79 Å². The molecule has 2 saturated heterocycles. The first-order valence-corrected chi connectivity index (χ1v) is 9.04. The maximum atomic E-state index is 12.4. The van der Waals surface area contributed by atoms with E-state index in [2.05, 4.69) is 10.2 Å². The molecule has 2 aliphatic heterocycles. The van der Waals surface area contributed by atoms with E-state index in [-0.39, 0.29) is 24.4 Å². The summed E-state index contributed by atoms with van der Waals surface area (Å²) in [6.07, 6.45) is 12.4. The van der Waals surface area contributed by atoms with Crippen molar-refractivity contribution in [3.05, 3.63) is 0 Å². The first-order chi connectivity index (χ1) is 10.2. The minimum absolute atomic E-state index is 0. The van der Waals surface area contributed by atoms with E-state index in [1.54, 1.807) is 0 Å². The topological polar surface area (TPSA) is 58.4 Å².